The lowest BCUT2D eigenvalue weighted by Gasteiger charge is -2.59. The second kappa shape index (κ2) is 3.86. The van der Waals surface area contributed by atoms with Gasteiger partial charge in [0.25, 0.3) is 0 Å². The van der Waals surface area contributed by atoms with Gasteiger partial charge in [-0.3, -0.25) is 4.79 Å². The van der Waals surface area contributed by atoms with Crippen molar-refractivity contribution in [3.63, 3.8) is 0 Å². The van der Waals surface area contributed by atoms with Crippen LogP contribution in [0, 0.1) is 23.2 Å². The summed E-state index contributed by atoms with van der Waals surface area (Å²) in [5, 5.41) is 3.13. The molecule has 0 spiro atoms. The van der Waals surface area contributed by atoms with Gasteiger partial charge in [0.2, 0.25) is 5.91 Å². The summed E-state index contributed by atoms with van der Waals surface area (Å²) in [6.07, 6.45) is 9.81. The van der Waals surface area contributed by atoms with Gasteiger partial charge in [-0.2, -0.15) is 0 Å². The van der Waals surface area contributed by atoms with Gasteiger partial charge in [-0.05, 0) is 74.7 Å². The van der Waals surface area contributed by atoms with Gasteiger partial charge >= 0.3 is 0 Å². The Kier molecular flexibility index (Phi) is 2.57. The SMILES string of the molecule is C=CC(=O)NC(C)C12CC3CC(CC(C3)C1)C2. The van der Waals surface area contributed by atoms with Gasteiger partial charge < -0.3 is 5.32 Å². The zero-order chi connectivity index (χ0) is 12.0. The molecule has 0 heterocycles. The number of amides is 1. The van der Waals surface area contributed by atoms with Crippen LogP contribution in [0.2, 0.25) is 0 Å². The van der Waals surface area contributed by atoms with E-state index < -0.39 is 0 Å². The second-order valence-corrected chi connectivity index (χ2v) is 6.71. The highest BCUT2D eigenvalue weighted by atomic mass is 16.1. The first-order valence-corrected chi connectivity index (χ1v) is 7.04. The van der Waals surface area contributed by atoms with Crippen molar-refractivity contribution in [2.45, 2.75) is 51.5 Å². The molecule has 1 N–H and O–H groups in total. The van der Waals surface area contributed by atoms with Crippen molar-refractivity contribution in [1.29, 1.82) is 0 Å². The summed E-state index contributed by atoms with van der Waals surface area (Å²) < 4.78 is 0. The quantitative estimate of drug-likeness (QED) is 0.746. The monoisotopic (exact) mass is 233 g/mol. The highest BCUT2D eigenvalue weighted by Gasteiger charge is 2.53. The van der Waals surface area contributed by atoms with Gasteiger partial charge in [-0.25, -0.2) is 0 Å². The molecule has 4 rings (SSSR count). The summed E-state index contributed by atoms with van der Waals surface area (Å²) in [4.78, 5) is 11.5. The predicted octanol–water partition coefficient (Wildman–Crippen LogP) is 2.89. The van der Waals surface area contributed by atoms with Crippen LogP contribution in [-0.2, 0) is 4.79 Å². The topological polar surface area (TPSA) is 29.1 Å². The summed E-state index contributed by atoms with van der Waals surface area (Å²) >= 11 is 0. The minimum atomic E-state index is -0.00625. The lowest BCUT2D eigenvalue weighted by molar-refractivity contribution is -0.121. The third-order valence-electron chi connectivity index (χ3n) is 5.55. The normalized spacial score (nSPS) is 44.4. The molecular formula is C15H23NO. The fraction of sp³-hybridized carbons (Fsp3) is 0.800. The van der Waals surface area contributed by atoms with E-state index in [1.165, 1.54) is 44.6 Å². The first-order chi connectivity index (χ1) is 8.11. The van der Waals surface area contributed by atoms with Crippen molar-refractivity contribution in [2.75, 3.05) is 0 Å². The standard InChI is InChI=1S/C15H23NO/c1-3-14(17)16-10(2)15-7-11-4-12(8-15)6-13(5-11)9-15/h3,10-13H,1,4-9H2,2H3,(H,16,17). The van der Waals surface area contributed by atoms with Crippen LogP contribution in [0.25, 0.3) is 0 Å². The van der Waals surface area contributed by atoms with Crippen molar-refractivity contribution in [3.05, 3.63) is 12.7 Å². The molecule has 4 saturated carbocycles. The lowest BCUT2D eigenvalue weighted by Crippen LogP contribution is -2.55. The van der Waals surface area contributed by atoms with Gasteiger partial charge in [0.05, 0.1) is 0 Å². The van der Waals surface area contributed by atoms with Gasteiger partial charge in [-0.15, -0.1) is 0 Å². The van der Waals surface area contributed by atoms with Crippen LogP contribution < -0.4 is 5.32 Å². The van der Waals surface area contributed by atoms with Crippen LogP contribution in [0.15, 0.2) is 12.7 Å². The molecule has 2 heteroatoms. The Bertz CT molecular complexity index is 312. The molecule has 4 aliphatic carbocycles. The highest BCUT2D eigenvalue weighted by molar-refractivity contribution is 5.87. The molecule has 1 amide bonds. The third kappa shape index (κ3) is 1.82. The smallest absolute Gasteiger partial charge is 0.243 e. The Hall–Kier alpha value is -0.790. The summed E-state index contributed by atoms with van der Waals surface area (Å²) in [6, 6.07) is 0.321. The van der Waals surface area contributed by atoms with Crippen molar-refractivity contribution >= 4 is 5.91 Å². The van der Waals surface area contributed by atoms with E-state index >= 15 is 0 Å². The number of rotatable bonds is 3. The molecule has 4 aliphatic rings. The van der Waals surface area contributed by atoms with Gasteiger partial charge in [-0.1, -0.05) is 6.58 Å². The maximum absolute atomic E-state index is 11.5. The predicted molar refractivity (Wildman–Crippen MR) is 68.4 cm³/mol. The van der Waals surface area contributed by atoms with E-state index in [4.69, 9.17) is 0 Å². The van der Waals surface area contributed by atoms with Gasteiger partial charge in [0.1, 0.15) is 0 Å². The van der Waals surface area contributed by atoms with Crippen LogP contribution >= 0.6 is 0 Å². The largest absolute Gasteiger partial charge is 0.350 e. The maximum Gasteiger partial charge on any atom is 0.243 e. The molecule has 4 bridgehead atoms. The Balaban J connectivity index is 1.77. The number of nitrogens with one attached hydrogen (secondary N) is 1. The van der Waals surface area contributed by atoms with E-state index in [-0.39, 0.29) is 5.91 Å². The average molecular weight is 233 g/mol. The van der Waals surface area contributed by atoms with Crippen LogP contribution in [-0.4, -0.2) is 11.9 Å². The molecule has 4 fully saturated rings. The molecule has 1 atom stereocenters. The molecule has 2 nitrogen and oxygen atoms in total. The molecular weight excluding hydrogens is 210 g/mol. The van der Waals surface area contributed by atoms with Crippen molar-refractivity contribution in [1.82, 2.24) is 5.32 Å². The Morgan fingerprint density at radius 1 is 1.24 bits per heavy atom. The number of hydrogen-bond donors (Lipinski definition) is 1. The first-order valence-electron chi connectivity index (χ1n) is 7.04. The molecule has 0 aromatic heterocycles. The van der Waals surface area contributed by atoms with Crippen LogP contribution in [0.3, 0.4) is 0 Å². The maximum atomic E-state index is 11.5. The summed E-state index contributed by atoms with van der Waals surface area (Å²) in [5.74, 6) is 2.84. The average Bonchev–Trinajstić information content (AvgIpc) is 2.26. The molecule has 94 valence electrons. The van der Waals surface area contributed by atoms with E-state index in [0.717, 1.165) is 17.8 Å². The first kappa shape index (κ1) is 11.3. The minimum absolute atomic E-state index is 0.00625. The minimum Gasteiger partial charge on any atom is -0.350 e. The van der Waals surface area contributed by atoms with Crippen LogP contribution in [0.1, 0.15) is 45.4 Å². The molecule has 0 radical (unpaired) electrons. The Morgan fingerprint density at radius 3 is 2.12 bits per heavy atom. The Labute approximate surface area is 104 Å². The van der Waals surface area contributed by atoms with E-state index in [9.17, 15) is 4.79 Å². The number of hydrogen-bond acceptors (Lipinski definition) is 1. The molecule has 1 unspecified atom stereocenters. The van der Waals surface area contributed by atoms with Gasteiger partial charge in [0, 0.05) is 6.04 Å². The van der Waals surface area contributed by atoms with Crippen LogP contribution in [0.4, 0.5) is 0 Å². The molecule has 0 saturated heterocycles. The highest BCUT2D eigenvalue weighted by Crippen LogP contribution is 2.61. The van der Waals surface area contributed by atoms with E-state index in [1.54, 1.807) is 0 Å². The molecule has 0 aliphatic heterocycles. The van der Waals surface area contributed by atoms with E-state index in [2.05, 4.69) is 18.8 Å². The molecule has 17 heavy (non-hydrogen) atoms. The van der Waals surface area contributed by atoms with E-state index in [1.807, 2.05) is 0 Å². The summed E-state index contributed by atoms with van der Waals surface area (Å²) in [6.45, 7) is 5.75. The van der Waals surface area contributed by atoms with Crippen molar-refractivity contribution < 1.29 is 4.79 Å². The summed E-state index contributed by atoms with van der Waals surface area (Å²) in [5.41, 5.74) is 0.410. The van der Waals surface area contributed by atoms with Crippen molar-refractivity contribution in [3.8, 4) is 0 Å². The Morgan fingerprint density at radius 2 is 1.71 bits per heavy atom. The molecule has 0 aromatic rings. The van der Waals surface area contributed by atoms with Crippen molar-refractivity contribution in [2.24, 2.45) is 23.2 Å². The lowest BCUT2D eigenvalue weighted by atomic mass is 9.48. The van der Waals surface area contributed by atoms with Gasteiger partial charge in [0.15, 0.2) is 0 Å². The second-order valence-electron chi connectivity index (χ2n) is 6.71. The number of carbonyl (C=O) groups excluding carboxylic acids is 1. The number of carbonyl (C=O) groups is 1. The van der Waals surface area contributed by atoms with Crippen LogP contribution in [0.5, 0.6) is 0 Å². The molecule has 0 aromatic carbocycles. The van der Waals surface area contributed by atoms with E-state index in [0.29, 0.717) is 11.5 Å². The summed E-state index contributed by atoms with van der Waals surface area (Å²) in [7, 11) is 0. The zero-order valence-corrected chi connectivity index (χ0v) is 10.7. The zero-order valence-electron chi connectivity index (χ0n) is 10.7. The fourth-order valence-electron chi connectivity index (χ4n) is 5.13. The fourth-order valence-corrected chi connectivity index (χ4v) is 5.13. The third-order valence-corrected chi connectivity index (χ3v) is 5.55.